The Hall–Kier alpha value is -2.64. The zero-order valence-corrected chi connectivity index (χ0v) is 11.4. The highest BCUT2D eigenvalue weighted by atomic mass is 19.1. The third kappa shape index (κ3) is 5.09. The molecule has 0 saturated heterocycles. The second-order valence-electron chi connectivity index (χ2n) is 3.84. The first kappa shape index (κ1) is 16.4. The fourth-order valence-corrected chi connectivity index (χ4v) is 1.30. The van der Waals surface area contributed by atoms with Crippen LogP contribution in [0, 0.1) is 5.82 Å². The number of nitrogens with zero attached hydrogens (tertiary/aromatic N) is 2. The topological polar surface area (TPSA) is 94.4 Å². The number of benzene rings is 1. The number of carbonyl (C=O) groups is 3. The minimum atomic E-state index is -1.57. The van der Waals surface area contributed by atoms with Crippen LogP contribution in [0.5, 0.6) is 0 Å². The first-order valence-corrected chi connectivity index (χ1v) is 5.81. The van der Waals surface area contributed by atoms with E-state index < -0.39 is 36.0 Å². The van der Waals surface area contributed by atoms with E-state index in [-0.39, 0.29) is 5.69 Å². The molecule has 0 aliphatic rings. The molecule has 0 aromatic heterocycles. The number of esters is 2. The summed E-state index contributed by atoms with van der Waals surface area (Å²) in [6, 6.07) is 3.37. The normalized spacial score (nSPS) is 12.0. The number of carbonyl (C=O) groups excluding carboxylic acids is 3. The number of hydrogen-bond donors (Lipinski definition) is 0. The molecule has 1 rings (SSSR count). The average molecular weight is 296 g/mol. The van der Waals surface area contributed by atoms with E-state index in [1.807, 2.05) is 0 Å². The number of Topliss-reactive ketones (excluding diaryl/α,β-unsaturated/α-hetero) is 1. The van der Waals surface area contributed by atoms with Crippen LogP contribution >= 0.6 is 0 Å². The van der Waals surface area contributed by atoms with Gasteiger partial charge in [0.15, 0.2) is 5.78 Å². The Kier molecular flexibility index (Phi) is 6.12. The lowest BCUT2D eigenvalue weighted by molar-refractivity contribution is -0.148. The predicted molar refractivity (Wildman–Crippen MR) is 68.4 cm³/mol. The number of halogens is 1. The van der Waals surface area contributed by atoms with Crippen LogP contribution in [0.1, 0.15) is 6.42 Å². The molecule has 1 unspecified atom stereocenters. The standard InChI is InChI=1S/C13H13FN2O5/c1-20-11(18)7-10(17)12(13(19)21-2)16-15-9-5-3-8(14)4-6-9/h3-6,12H,7H2,1-2H3. The Bertz CT molecular complexity index is 556. The summed E-state index contributed by atoms with van der Waals surface area (Å²) in [5.74, 6) is -3.01. The van der Waals surface area contributed by atoms with E-state index in [0.29, 0.717) is 0 Å². The summed E-state index contributed by atoms with van der Waals surface area (Å²) in [6.07, 6.45) is -0.626. The van der Waals surface area contributed by atoms with Crippen molar-refractivity contribution >= 4 is 23.4 Å². The Labute approximate surface area is 119 Å². The van der Waals surface area contributed by atoms with E-state index in [0.717, 1.165) is 26.4 Å². The molecule has 0 N–H and O–H groups in total. The quantitative estimate of drug-likeness (QED) is 0.451. The highest BCUT2D eigenvalue weighted by molar-refractivity contribution is 6.09. The lowest BCUT2D eigenvalue weighted by atomic mass is 10.1. The summed E-state index contributed by atoms with van der Waals surface area (Å²) >= 11 is 0. The van der Waals surface area contributed by atoms with Crippen molar-refractivity contribution in [2.45, 2.75) is 12.5 Å². The van der Waals surface area contributed by atoms with Crippen LogP contribution in [0.15, 0.2) is 34.5 Å². The van der Waals surface area contributed by atoms with Crippen molar-refractivity contribution in [3.05, 3.63) is 30.1 Å². The molecule has 0 aliphatic carbocycles. The molecule has 0 saturated carbocycles. The predicted octanol–water partition coefficient (Wildman–Crippen LogP) is 1.58. The van der Waals surface area contributed by atoms with E-state index in [9.17, 15) is 18.8 Å². The van der Waals surface area contributed by atoms with E-state index >= 15 is 0 Å². The number of ketones is 1. The number of hydrogen-bond acceptors (Lipinski definition) is 7. The van der Waals surface area contributed by atoms with Gasteiger partial charge in [0.2, 0.25) is 6.04 Å². The molecule has 0 radical (unpaired) electrons. The van der Waals surface area contributed by atoms with Gasteiger partial charge in [0.05, 0.1) is 19.9 Å². The molecule has 112 valence electrons. The van der Waals surface area contributed by atoms with Crippen molar-refractivity contribution in [2.24, 2.45) is 10.2 Å². The van der Waals surface area contributed by atoms with Gasteiger partial charge in [-0.1, -0.05) is 0 Å². The minimum Gasteiger partial charge on any atom is -0.469 e. The van der Waals surface area contributed by atoms with Gasteiger partial charge < -0.3 is 9.47 Å². The highest BCUT2D eigenvalue weighted by Crippen LogP contribution is 2.14. The van der Waals surface area contributed by atoms with Crippen molar-refractivity contribution in [1.29, 1.82) is 0 Å². The third-order valence-corrected chi connectivity index (χ3v) is 2.39. The molecule has 0 fully saturated rings. The van der Waals surface area contributed by atoms with Crippen molar-refractivity contribution in [3.8, 4) is 0 Å². The average Bonchev–Trinajstić information content (AvgIpc) is 2.48. The highest BCUT2D eigenvalue weighted by Gasteiger charge is 2.29. The van der Waals surface area contributed by atoms with Crippen LogP contribution in [-0.2, 0) is 23.9 Å². The van der Waals surface area contributed by atoms with Crippen LogP contribution in [0.2, 0.25) is 0 Å². The molecular weight excluding hydrogens is 283 g/mol. The lowest BCUT2D eigenvalue weighted by Crippen LogP contribution is -2.31. The summed E-state index contributed by atoms with van der Waals surface area (Å²) in [6.45, 7) is 0. The van der Waals surface area contributed by atoms with Gasteiger partial charge in [-0.05, 0) is 24.3 Å². The Balaban J connectivity index is 2.87. The molecule has 1 atom stereocenters. The molecule has 0 amide bonds. The largest absolute Gasteiger partial charge is 0.469 e. The van der Waals surface area contributed by atoms with E-state index in [1.165, 1.54) is 12.1 Å². The van der Waals surface area contributed by atoms with Gasteiger partial charge in [0.1, 0.15) is 12.2 Å². The second-order valence-corrected chi connectivity index (χ2v) is 3.84. The number of methoxy groups -OCH3 is 2. The molecule has 0 aliphatic heterocycles. The van der Waals surface area contributed by atoms with E-state index in [1.54, 1.807) is 0 Å². The van der Waals surface area contributed by atoms with Crippen LogP contribution < -0.4 is 0 Å². The van der Waals surface area contributed by atoms with Crippen molar-refractivity contribution in [1.82, 2.24) is 0 Å². The fraction of sp³-hybridized carbons (Fsp3) is 0.308. The van der Waals surface area contributed by atoms with Gasteiger partial charge in [-0.2, -0.15) is 10.2 Å². The molecular formula is C13H13FN2O5. The van der Waals surface area contributed by atoms with Gasteiger partial charge in [-0.25, -0.2) is 9.18 Å². The summed E-state index contributed by atoms with van der Waals surface area (Å²) in [4.78, 5) is 34.3. The van der Waals surface area contributed by atoms with Crippen LogP contribution in [0.25, 0.3) is 0 Å². The third-order valence-electron chi connectivity index (χ3n) is 2.39. The molecule has 0 heterocycles. The molecule has 0 bridgehead atoms. The Morgan fingerprint density at radius 1 is 1.14 bits per heavy atom. The zero-order chi connectivity index (χ0) is 15.8. The molecule has 7 nitrogen and oxygen atoms in total. The van der Waals surface area contributed by atoms with Gasteiger partial charge in [-0.3, -0.25) is 9.59 Å². The number of ether oxygens (including phenoxy) is 2. The summed E-state index contributed by atoms with van der Waals surface area (Å²) in [7, 11) is 2.19. The molecule has 0 spiro atoms. The van der Waals surface area contributed by atoms with Gasteiger partial charge >= 0.3 is 11.9 Å². The molecule has 1 aromatic rings. The number of azo groups is 1. The minimum absolute atomic E-state index is 0.246. The maximum Gasteiger partial charge on any atom is 0.340 e. The van der Waals surface area contributed by atoms with Crippen molar-refractivity contribution in [3.63, 3.8) is 0 Å². The summed E-state index contributed by atoms with van der Waals surface area (Å²) in [5.41, 5.74) is 0.246. The maximum atomic E-state index is 12.7. The second kappa shape index (κ2) is 7.83. The van der Waals surface area contributed by atoms with Crippen LogP contribution in [0.4, 0.5) is 10.1 Å². The van der Waals surface area contributed by atoms with Crippen molar-refractivity contribution in [2.75, 3.05) is 14.2 Å². The maximum absolute atomic E-state index is 12.7. The van der Waals surface area contributed by atoms with Crippen molar-refractivity contribution < 1.29 is 28.2 Å². The van der Waals surface area contributed by atoms with E-state index in [4.69, 9.17) is 0 Å². The molecule has 1 aromatic carbocycles. The zero-order valence-electron chi connectivity index (χ0n) is 11.4. The first-order valence-electron chi connectivity index (χ1n) is 5.81. The SMILES string of the molecule is COC(=O)CC(=O)C(N=Nc1ccc(F)cc1)C(=O)OC. The number of rotatable bonds is 6. The van der Waals surface area contributed by atoms with Crippen LogP contribution in [-0.4, -0.2) is 38.0 Å². The fourth-order valence-electron chi connectivity index (χ4n) is 1.30. The van der Waals surface area contributed by atoms with E-state index in [2.05, 4.69) is 19.7 Å². The molecule has 8 heteroatoms. The molecule has 21 heavy (non-hydrogen) atoms. The van der Waals surface area contributed by atoms with Gasteiger partial charge in [-0.15, -0.1) is 0 Å². The summed E-state index contributed by atoms with van der Waals surface area (Å²) in [5, 5.41) is 7.21. The van der Waals surface area contributed by atoms with Gasteiger partial charge in [0.25, 0.3) is 0 Å². The summed E-state index contributed by atoms with van der Waals surface area (Å²) < 4.78 is 21.5. The first-order chi connectivity index (χ1) is 9.97. The smallest absolute Gasteiger partial charge is 0.340 e. The monoisotopic (exact) mass is 296 g/mol. The Morgan fingerprint density at radius 2 is 1.76 bits per heavy atom. The van der Waals surface area contributed by atoms with Crippen LogP contribution in [0.3, 0.4) is 0 Å². The lowest BCUT2D eigenvalue weighted by Gasteiger charge is -2.07. The Morgan fingerprint density at radius 3 is 2.29 bits per heavy atom. The van der Waals surface area contributed by atoms with Gasteiger partial charge in [0, 0.05) is 0 Å².